The van der Waals surface area contributed by atoms with Crippen LogP contribution < -0.4 is 9.80 Å². The first-order valence-corrected chi connectivity index (χ1v) is 16.2. The molecule has 2 atom stereocenters. The van der Waals surface area contributed by atoms with Crippen molar-refractivity contribution >= 4 is 37.1 Å². The van der Waals surface area contributed by atoms with E-state index in [1.54, 1.807) is 4.90 Å². The van der Waals surface area contributed by atoms with Crippen LogP contribution in [0.25, 0.3) is 0 Å². The largest absolute Gasteiger partial charge is 0.369 e. The monoisotopic (exact) mass is 524 g/mol. The van der Waals surface area contributed by atoms with Crippen molar-refractivity contribution in [1.82, 2.24) is 9.80 Å². The maximum absolute atomic E-state index is 13.4. The van der Waals surface area contributed by atoms with E-state index in [-0.39, 0.29) is 53.6 Å². The van der Waals surface area contributed by atoms with Crippen LogP contribution in [-0.4, -0.2) is 107 Å². The Kier molecular flexibility index (Phi) is 6.22. The molecule has 5 aliphatic rings. The fourth-order valence-electron chi connectivity index (χ4n) is 6.23. The third-order valence-electron chi connectivity index (χ3n) is 8.28. The molecule has 6 rings (SSSR count). The maximum Gasteiger partial charge on any atom is 0.320 e. The molecule has 5 saturated heterocycles. The minimum atomic E-state index is -3.03. The summed E-state index contributed by atoms with van der Waals surface area (Å²) in [4.78, 5) is 21.7. The lowest BCUT2D eigenvalue weighted by molar-refractivity contribution is 0.122. The molecule has 0 aromatic heterocycles. The van der Waals surface area contributed by atoms with Crippen LogP contribution in [0.5, 0.6) is 0 Å². The van der Waals surface area contributed by atoms with E-state index in [1.807, 2.05) is 4.90 Å². The van der Waals surface area contributed by atoms with Gasteiger partial charge in [-0.05, 0) is 42.5 Å². The first-order chi connectivity index (χ1) is 16.4. The lowest BCUT2D eigenvalue weighted by Crippen LogP contribution is -2.58. The number of urea groups is 1. The van der Waals surface area contributed by atoms with Gasteiger partial charge in [0.15, 0.2) is 19.7 Å². The van der Waals surface area contributed by atoms with Gasteiger partial charge in [-0.1, -0.05) is 13.8 Å². The van der Waals surface area contributed by atoms with Gasteiger partial charge < -0.3 is 19.6 Å². The van der Waals surface area contributed by atoms with Crippen molar-refractivity contribution < 1.29 is 21.6 Å². The summed E-state index contributed by atoms with van der Waals surface area (Å²) < 4.78 is 47.2. The van der Waals surface area contributed by atoms with Crippen LogP contribution >= 0.6 is 0 Å². The number of rotatable bonds is 2. The van der Waals surface area contributed by atoms with Crippen LogP contribution in [0.2, 0.25) is 0 Å². The third-order valence-corrected chi connectivity index (χ3v) is 11.5. The molecule has 0 radical (unpaired) electrons. The average molecular weight is 525 g/mol. The Hall–Kier alpha value is -2.01. The van der Waals surface area contributed by atoms with Gasteiger partial charge in [0.05, 0.1) is 29.1 Å². The molecular formula is C24H36N4O5S2. The number of amides is 2. The summed E-state index contributed by atoms with van der Waals surface area (Å²) in [5, 5.41) is 0. The molecular weight excluding hydrogens is 488 g/mol. The highest BCUT2D eigenvalue weighted by molar-refractivity contribution is 7.91. The zero-order valence-electron chi connectivity index (χ0n) is 20.6. The molecule has 5 fully saturated rings. The SMILES string of the molecule is CC1(C)CC2CN(c3ccc(N4CCS(=O)(=O)CC4)cc3)C1CCN2C(=O)N1CCS(=O)(=O)CC1. The predicted molar refractivity (Wildman–Crippen MR) is 138 cm³/mol. The second-order valence-electron chi connectivity index (χ2n) is 11.1. The summed E-state index contributed by atoms with van der Waals surface area (Å²) in [6.45, 7) is 7.60. The van der Waals surface area contributed by atoms with E-state index in [1.165, 1.54) is 0 Å². The lowest BCUT2D eigenvalue weighted by atomic mass is 9.74. The molecule has 1 aromatic carbocycles. The highest BCUT2D eigenvalue weighted by atomic mass is 32.2. The van der Waals surface area contributed by atoms with Gasteiger partial charge in [0.2, 0.25) is 0 Å². The molecule has 5 aliphatic heterocycles. The maximum atomic E-state index is 13.4. The fraction of sp³-hybridized carbons (Fsp3) is 0.708. The topological polar surface area (TPSA) is 98.3 Å². The number of hydrogen-bond donors (Lipinski definition) is 0. The van der Waals surface area contributed by atoms with Crippen molar-refractivity contribution in [1.29, 1.82) is 0 Å². The van der Waals surface area contributed by atoms with Crippen LogP contribution in [0.1, 0.15) is 26.7 Å². The van der Waals surface area contributed by atoms with E-state index in [0.717, 1.165) is 30.8 Å². The van der Waals surface area contributed by atoms with Crippen molar-refractivity contribution in [2.24, 2.45) is 5.41 Å². The van der Waals surface area contributed by atoms with Gasteiger partial charge in [-0.3, -0.25) is 0 Å². The Labute approximate surface area is 208 Å². The van der Waals surface area contributed by atoms with E-state index in [0.29, 0.717) is 25.7 Å². The van der Waals surface area contributed by atoms with Crippen molar-refractivity contribution in [2.45, 2.75) is 38.8 Å². The normalized spacial score (nSPS) is 29.7. The highest BCUT2D eigenvalue weighted by Crippen LogP contribution is 2.44. The van der Waals surface area contributed by atoms with Crippen molar-refractivity contribution in [3.63, 3.8) is 0 Å². The number of benzene rings is 1. The second-order valence-corrected chi connectivity index (χ2v) is 15.7. The summed E-state index contributed by atoms with van der Waals surface area (Å²) in [5.41, 5.74) is 2.20. The highest BCUT2D eigenvalue weighted by Gasteiger charge is 2.48. The molecule has 2 amide bonds. The molecule has 5 heterocycles. The fourth-order valence-corrected chi connectivity index (χ4v) is 8.63. The Morgan fingerprint density at radius 3 is 1.97 bits per heavy atom. The Morgan fingerprint density at radius 2 is 1.37 bits per heavy atom. The van der Waals surface area contributed by atoms with Gasteiger partial charge in [-0.2, -0.15) is 0 Å². The second kappa shape index (κ2) is 8.83. The van der Waals surface area contributed by atoms with Gasteiger partial charge in [0.1, 0.15) is 0 Å². The Balaban J connectivity index is 1.32. The number of carbonyl (C=O) groups is 1. The van der Waals surface area contributed by atoms with E-state index in [4.69, 9.17) is 0 Å². The summed E-state index contributed by atoms with van der Waals surface area (Å²) in [5.74, 6) is 0.497. The quantitative estimate of drug-likeness (QED) is 0.578. The van der Waals surface area contributed by atoms with Crippen LogP contribution in [0, 0.1) is 5.41 Å². The molecule has 35 heavy (non-hydrogen) atoms. The van der Waals surface area contributed by atoms with E-state index >= 15 is 0 Å². The Morgan fingerprint density at radius 1 is 0.829 bits per heavy atom. The first-order valence-electron chi connectivity index (χ1n) is 12.5. The average Bonchev–Trinajstić information content (AvgIpc) is 3.06. The third kappa shape index (κ3) is 4.98. The molecule has 11 heteroatoms. The molecule has 0 spiro atoms. The van der Waals surface area contributed by atoms with Crippen molar-refractivity contribution in [3.8, 4) is 0 Å². The number of anilines is 2. The van der Waals surface area contributed by atoms with Gasteiger partial charge in [-0.25, -0.2) is 21.6 Å². The predicted octanol–water partition coefficient (Wildman–Crippen LogP) is 1.45. The molecule has 0 saturated carbocycles. The van der Waals surface area contributed by atoms with Crippen LogP contribution in [0.15, 0.2) is 24.3 Å². The molecule has 194 valence electrons. The van der Waals surface area contributed by atoms with Gasteiger partial charge in [0, 0.05) is 56.7 Å². The molecule has 0 aliphatic carbocycles. The number of piperidine rings is 1. The molecule has 0 N–H and O–H groups in total. The van der Waals surface area contributed by atoms with Crippen molar-refractivity contribution in [3.05, 3.63) is 24.3 Å². The number of fused-ring (bicyclic) bond motifs is 4. The van der Waals surface area contributed by atoms with E-state index in [9.17, 15) is 21.6 Å². The van der Waals surface area contributed by atoms with Gasteiger partial charge in [0.25, 0.3) is 0 Å². The van der Waals surface area contributed by atoms with Gasteiger partial charge in [-0.15, -0.1) is 0 Å². The zero-order valence-corrected chi connectivity index (χ0v) is 22.2. The number of carbonyl (C=O) groups excluding carboxylic acids is 1. The van der Waals surface area contributed by atoms with Crippen molar-refractivity contribution in [2.75, 3.05) is 72.1 Å². The minimum Gasteiger partial charge on any atom is -0.369 e. The van der Waals surface area contributed by atoms with Crippen LogP contribution in [-0.2, 0) is 19.7 Å². The summed E-state index contributed by atoms with van der Waals surface area (Å²) >= 11 is 0. The lowest BCUT2D eigenvalue weighted by Gasteiger charge is -2.49. The van der Waals surface area contributed by atoms with Gasteiger partial charge >= 0.3 is 6.03 Å². The minimum absolute atomic E-state index is 0.0291. The first kappa shape index (κ1) is 24.7. The summed E-state index contributed by atoms with van der Waals surface area (Å²) in [6.07, 6.45) is 1.79. The smallest absolute Gasteiger partial charge is 0.320 e. The number of hydrogen-bond acceptors (Lipinski definition) is 7. The summed E-state index contributed by atoms with van der Waals surface area (Å²) in [7, 11) is -5.95. The molecule has 1 aromatic rings. The van der Waals surface area contributed by atoms with E-state index < -0.39 is 19.7 Å². The molecule has 9 nitrogen and oxygen atoms in total. The number of sulfone groups is 2. The van der Waals surface area contributed by atoms with E-state index in [2.05, 4.69) is 47.9 Å². The van der Waals surface area contributed by atoms with Crippen LogP contribution in [0.3, 0.4) is 0 Å². The van der Waals surface area contributed by atoms with Crippen LogP contribution in [0.4, 0.5) is 16.2 Å². The molecule has 2 unspecified atom stereocenters. The molecule has 2 bridgehead atoms. The Bertz CT molecular complexity index is 1150. The standard InChI is InChI=1S/C24H36N4O5S2/c1-24(2)17-21-18-28(20-5-3-19(4-6-20)25-9-13-34(30,31)14-10-25)22(24)7-8-27(21)23(29)26-11-15-35(32,33)16-12-26/h3-6,21-22H,7-18H2,1-2H3. The summed E-state index contributed by atoms with van der Waals surface area (Å²) in [6, 6.07) is 8.74. The number of nitrogens with zero attached hydrogens (tertiary/aromatic N) is 4. The zero-order chi connectivity index (χ0) is 25.0.